The van der Waals surface area contributed by atoms with Crippen LogP contribution in [0.3, 0.4) is 0 Å². The van der Waals surface area contributed by atoms with Gasteiger partial charge in [0, 0.05) is 31.0 Å². The Balaban J connectivity index is 1.50. The second-order valence-corrected chi connectivity index (χ2v) is 7.01. The summed E-state index contributed by atoms with van der Waals surface area (Å²) in [5.74, 6) is 0.348. The Labute approximate surface area is 159 Å². The monoisotopic (exact) mass is 378 g/mol. The van der Waals surface area contributed by atoms with Crippen LogP contribution >= 0.6 is 0 Å². The second kappa shape index (κ2) is 6.72. The molecule has 7 nitrogen and oxygen atoms in total. The Bertz CT molecular complexity index is 1200. The molecule has 0 bridgehead atoms. The number of pyridine rings is 1. The van der Waals surface area contributed by atoms with Gasteiger partial charge in [-0.2, -0.15) is 5.10 Å². The summed E-state index contributed by atoms with van der Waals surface area (Å²) >= 11 is 0. The number of halogens is 1. The van der Waals surface area contributed by atoms with Gasteiger partial charge < -0.3 is 14.9 Å². The van der Waals surface area contributed by atoms with Gasteiger partial charge in [0.2, 0.25) is 0 Å². The van der Waals surface area contributed by atoms with Gasteiger partial charge in [-0.1, -0.05) is 0 Å². The van der Waals surface area contributed by atoms with E-state index in [2.05, 4.69) is 15.3 Å². The average molecular weight is 378 g/mol. The maximum absolute atomic E-state index is 13.4. The van der Waals surface area contributed by atoms with Gasteiger partial charge in [0.05, 0.1) is 17.8 Å². The smallest absolute Gasteiger partial charge is 0.253 e. The van der Waals surface area contributed by atoms with E-state index >= 15 is 0 Å². The molecule has 0 fully saturated rings. The highest BCUT2D eigenvalue weighted by Crippen LogP contribution is 2.20. The standard InChI is InChI=1S/C20H19FN6O/c21-15-3-2-13-8-14(20(28)24-17(13)9-15)12-26-7-5-23-19(26)18-10-16-11-22-4-1-6-27(16)25-18/h2-3,5,7-10,22H,1,4,6,11-12H2,(H,24,28). The quantitative estimate of drug-likeness (QED) is 0.573. The number of nitrogens with zero attached hydrogens (tertiary/aromatic N) is 4. The number of aryl methyl sites for hydroxylation is 1. The number of aromatic amines is 1. The molecule has 4 heterocycles. The van der Waals surface area contributed by atoms with Gasteiger partial charge in [-0.05, 0) is 48.7 Å². The SMILES string of the molecule is O=c1[nH]c2cc(F)ccc2cc1Cn1ccnc1-c1cc2n(n1)CCCNC2. The number of imidazole rings is 1. The maximum Gasteiger partial charge on any atom is 0.253 e. The van der Waals surface area contributed by atoms with E-state index in [1.165, 1.54) is 12.1 Å². The molecule has 0 amide bonds. The lowest BCUT2D eigenvalue weighted by Crippen LogP contribution is -2.16. The topological polar surface area (TPSA) is 80.5 Å². The fraction of sp³-hybridized carbons (Fsp3) is 0.250. The summed E-state index contributed by atoms with van der Waals surface area (Å²) in [5.41, 5.74) is 2.77. The van der Waals surface area contributed by atoms with Crippen LogP contribution in [0.25, 0.3) is 22.4 Å². The highest BCUT2D eigenvalue weighted by molar-refractivity contribution is 5.78. The Morgan fingerprint density at radius 2 is 2.14 bits per heavy atom. The third-order valence-electron chi connectivity index (χ3n) is 5.06. The molecule has 4 aromatic rings. The van der Waals surface area contributed by atoms with Crippen LogP contribution in [-0.2, 0) is 19.6 Å². The summed E-state index contributed by atoms with van der Waals surface area (Å²) in [6.07, 6.45) is 4.59. The summed E-state index contributed by atoms with van der Waals surface area (Å²) in [4.78, 5) is 19.7. The number of hydrogen-bond donors (Lipinski definition) is 2. The third kappa shape index (κ3) is 3.01. The van der Waals surface area contributed by atoms with Gasteiger partial charge in [-0.25, -0.2) is 9.37 Å². The molecular formula is C20H19FN6O. The van der Waals surface area contributed by atoms with E-state index in [9.17, 15) is 9.18 Å². The Hall–Kier alpha value is -3.26. The van der Waals surface area contributed by atoms with Crippen molar-refractivity contribution in [3.63, 3.8) is 0 Å². The van der Waals surface area contributed by atoms with E-state index in [0.717, 1.165) is 48.7 Å². The van der Waals surface area contributed by atoms with E-state index in [4.69, 9.17) is 5.10 Å². The van der Waals surface area contributed by atoms with Crippen molar-refractivity contribution in [1.82, 2.24) is 29.6 Å². The molecule has 0 unspecified atom stereocenters. The lowest BCUT2D eigenvalue weighted by atomic mass is 10.1. The normalized spacial score (nSPS) is 14.2. The van der Waals surface area contributed by atoms with Crippen LogP contribution in [0.15, 0.2) is 47.5 Å². The molecule has 1 aliphatic rings. The highest BCUT2D eigenvalue weighted by Gasteiger charge is 2.16. The minimum absolute atomic E-state index is 0.234. The Kier molecular flexibility index (Phi) is 4.05. The van der Waals surface area contributed by atoms with Crippen molar-refractivity contribution in [1.29, 1.82) is 0 Å². The first-order valence-corrected chi connectivity index (χ1v) is 9.28. The van der Waals surface area contributed by atoms with Crippen LogP contribution in [0, 0.1) is 5.82 Å². The summed E-state index contributed by atoms with van der Waals surface area (Å²) in [7, 11) is 0. The fourth-order valence-corrected chi connectivity index (χ4v) is 3.66. The van der Waals surface area contributed by atoms with Crippen molar-refractivity contribution in [2.24, 2.45) is 0 Å². The molecule has 0 saturated heterocycles. The van der Waals surface area contributed by atoms with Crippen molar-refractivity contribution in [2.45, 2.75) is 26.1 Å². The summed E-state index contributed by atoms with van der Waals surface area (Å²) in [6, 6.07) is 8.22. The lowest BCUT2D eigenvalue weighted by molar-refractivity contribution is 0.588. The van der Waals surface area contributed by atoms with Crippen molar-refractivity contribution in [3.8, 4) is 11.5 Å². The van der Waals surface area contributed by atoms with Gasteiger partial charge in [0.25, 0.3) is 5.56 Å². The number of fused-ring (bicyclic) bond motifs is 2. The zero-order valence-corrected chi connectivity index (χ0v) is 15.2. The van der Waals surface area contributed by atoms with Gasteiger partial charge in [-0.15, -0.1) is 0 Å². The van der Waals surface area contributed by atoms with Crippen LogP contribution in [-0.4, -0.2) is 30.9 Å². The molecule has 1 aliphatic heterocycles. The highest BCUT2D eigenvalue weighted by atomic mass is 19.1. The number of hydrogen-bond acceptors (Lipinski definition) is 4. The molecule has 5 rings (SSSR count). The van der Waals surface area contributed by atoms with Crippen LogP contribution in [0.4, 0.5) is 4.39 Å². The van der Waals surface area contributed by atoms with Crippen LogP contribution in [0.2, 0.25) is 0 Å². The van der Waals surface area contributed by atoms with Gasteiger partial charge in [0.1, 0.15) is 11.5 Å². The van der Waals surface area contributed by atoms with Crippen molar-refractivity contribution in [2.75, 3.05) is 6.54 Å². The van der Waals surface area contributed by atoms with Crippen molar-refractivity contribution < 1.29 is 4.39 Å². The lowest BCUT2D eigenvalue weighted by Gasteiger charge is -2.07. The zero-order chi connectivity index (χ0) is 19.1. The molecule has 0 radical (unpaired) electrons. The second-order valence-electron chi connectivity index (χ2n) is 7.01. The first kappa shape index (κ1) is 16.9. The van der Waals surface area contributed by atoms with E-state index in [1.807, 2.05) is 21.5 Å². The molecule has 0 aliphatic carbocycles. The molecule has 3 aromatic heterocycles. The van der Waals surface area contributed by atoms with E-state index in [1.54, 1.807) is 18.3 Å². The molecule has 1 aromatic carbocycles. The summed E-state index contributed by atoms with van der Waals surface area (Å²) < 4.78 is 17.3. The number of aromatic nitrogens is 5. The number of nitrogens with one attached hydrogen (secondary N) is 2. The third-order valence-corrected chi connectivity index (χ3v) is 5.06. The zero-order valence-electron chi connectivity index (χ0n) is 15.2. The molecule has 2 N–H and O–H groups in total. The van der Waals surface area contributed by atoms with Gasteiger partial charge in [-0.3, -0.25) is 9.48 Å². The van der Waals surface area contributed by atoms with E-state index < -0.39 is 0 Å². The minimum atomic E-state index is -0.373. The Morgan fingerprint density at radius 3 is 3.07 bits per heavy atom. The molecule has 28 heavy (non-hydrogen) atoms. The minimum Gasteiger partial charge on any atom is -0.325 e. The Morgan fingerprint density at radius 1 is 1.21 bits per heavy atom. The summed E-state index contributed by atoms with van der Waals surface area (Å²) in [5, 5.41) is 8.88. The maximum atomic E-state index is 13.4. The molecule has 0 spiro atoms. The van der Waals surface area contributed by atoms with Crippen LogP contribution in [0.1, 0.15) is 17.7 Å². The first-order chi connectivity index (χ1) is 13.7. The molecule has 0 saturated carbocycles. The van der Waals surface area contributed by atoms with Gasteiger partial charge in [0.15, 0.2) is 5.82 Å². The first-order valence-electron chi connectivity index (χ1n) is 9.28. The van der Waals surface area contributed by atoms with Crippen LogP contribution in [0.5, 0.6) is 0 Å². The van der Waals surface area contributed by atoms with Crippen LogP contribution < -0.4 is 10.9 Å². The van der Waals surface area contributed by atoms with Crippen molar-refractivity contribution >= 4 is 10.9 Å². The van der Waals surface area contributed by atoms with Crippen molar-refractivity contribution in [3.05, 3.63) is 70.2 Å². The van der Waals surface area contributed by atoms with E-state index in [-0.39, 0.29) is 11.4 Å². The van der Waals surface area contributed by atoms with Gasteiger partial charge >= 0.3 is 0 Å². The molecule has 0 atom stereocenters. The molecular weight excluding hydrogens is 359 g/mol. The number of H-pyrrole nitrogens is 1. The average Bonchev–Trinajstić information content (AvgIpc) is 3.24. The summed E-state index contributed by atoms with van der Waals surface area (Å²) in [6.45, 7) is 3.01. The molecule has 142 valence electrons. The van der Waals surface area contributed by atoms with E-state index in [0.29, 0.717) is 17.6 Å². The number of rotatable bonds is 3. The number of benzene rings is 1. The molecule has 8 heteroatoms. The predicted octanol–water partition coefficient (Wildman–Crippen LogP) is 2.27. The largest absolute Gasteiger partial charge is 0.325 e. The fourth-order valence-electron chi connectivity index (χ4n) is 3.66. The predicted molar refractivity (Wildman–Crippen MR) is 103 cm³/mol.